The third-order valence-corrected chi connectivity index (χ3v) is 4.31. The molecule has 0 aliphatic rings. The third kappa shape index (κ3) is 3.03. The Bertz CT molecular complexity index is 995. The molecule has 1 amide bonds. The summed E-state index contributed by atoms with van der Waals surface area (Å²) in [6.45, 7) is 1.85. The molecule has 1 N–H and O–H groups in total. The molecule has 6 heteroatoms. The van der Waals surface area contributed by atoms with Crippen LogP contribution in [0.4, 0.5) is 5.69 Å². The van der Waals surface area contributed by atoms with Gasteiger partial charge in [-0.3, -0.25) is 9.59 Å². The van der Waals surface area contributed by atoms with Crippen LogP contribution < -0.4 is 10.9 Å². The summed E-state index contributed by atoms with van der Waals surface area (Å²) in [5, 5.41) is 8.93. The van der Waals surface area contributed by atoms with Crippen LogP contribution in [0.15, 0.2) is 47.3 Å². The van der Waals surface area contributed by atoms with E-state index in [0.717, 1.165) is 5.56 Å². The van der Waals surface area contributed by atoms with E-state index in [-0.39, 0.29) is 17.9 Å². The summed E-state index contributed by atoms with van der Waals surface area (Å²) in [5.41, 5.74) is 1.86. The summed E-state index contributed by atoms with van der Waals surface area (Å²) in [6.07, 6.45) is 0.0700. The smallest absolute Gasteiger partial charge is 0.274 e. The zero-order valence-corrected chi connectivity index (χ0v) is 14.1. The van der Waals surface area contributed by atoms with Gasteiger partial charge in [0.2, 0.25) is 5.91 Å². The lowest BCUT2D eigenvalue weighted by Crippen LogP contribution is -2.24. The maximum absolute atomic E-state index is 12.4. The van der Waals surface area contributed by atoms with E-state index in [0.29, 0.717) is 27.2 Å². The fourth-order valence-corrected chi connectivity index (χ4v) is 2.77. The van der Waals surface area contributed by atoms with Gasteiger partial charge in [0.1, 0.15) is 0 Å². The number of hydrogen-bond donors (Lipinski definition) is 1. The maximum atomic E-state index is 12.4. The Morgan fingerprint density at radius 1 is 1.17 bits per heavy atom. The van der Waals surface area contributed by atoms with Crippen molar-refractivity contribution in [3.8, 4) is 0 Å². The Balaban J connectivity index is 1.93. The number of fused-ring (bicyclic) bond motifs is 1. The fourth-order valence-electron chi connectivity index (χ4n) is 2.60. The largest absolute Gasteiger partial charge is 0.325 e. The molecule has 0 fully saturated rings. The van der Waals surface area contributed by atoms with E-state index in [9.17, 15) is 9.59 Å². The number of benzene rings is 2. The van der Waals surface area contributed by atoms with Gasteiger partial charge in [-0.2, -0.15) is 5.10 Å². The van der Waals surface area contributed by atoms with Gasteiger partial charge in [-0.05, 0) is 30.7 Å². The summed E-state index contributed by atoms with van der Waals surface area (Å²) in [4.78, 5) is 24.5. The molecule has 0 aliphatic carbocycles. The highest BCUT2D eigenvalue weighted by Gasteiger charge is 2.13. The van der Waals surface area contributed by atoms with Crippen LogP contribution >= 0.6 is 11.6 Å². The number of aryl methyl sites for hydroxylation is 1. The Morgan fingerprint density at radius 2 is 1.88 bits per heavy atom. The number of aromatic nitrogens is 2. The van der Waals surface area contributed by atoms with Gasteiger partial charge in [-0.1, -0.05) is 35.9 Å². The highest BCUT2D eigenvalue weighted by atomic mass is 35.5. The first-order valence-electron chi connectivity index (χ1n) is 7.47. The lowest BCUT2D eigenvalue weighted by atomic mass is 10.1. The van der Waals surface area contributed by atoms with Crippen LogP contribution in [0.25, 0.3) is 10.8 Å². The molecule has 5 nitrogen and oxygen atoms in total. The van der Waals surface area contributed by atoms with Gasteiger partial charge in [0, 0.05) is 23.1 Å². The summed E-state index contributed by atoms with van der Waals surface area (Å²) < 4.78 is 1.26. The number of amides is 1. The molecule has 122 valence electrons. The van der Waals surface area contributed by atoms with Crippen molar-refractivity contribution in [1.82, 2.24) is 9.78 Å². The normalized spacial score (nSPS) is 10.8. The quantitative estimate of drug-likeness (QED) is 0.796. The predicted molar refractivity (Wildman–Crippen MR) is 95.5 cm³/mol. The number of carbonyl (C=O) groups excluding carboxylic acids is 1. The standard InChI is InChI=1S/C18H16ClN3O2/c1-11-14(19)8-5-9-15(11)20-17(23)10-16-12-6-3-4-7-13(12)18(24)22(2)21-16/h3-9H,10H2,1-2H3,(H,20,23). The molecule has 0 aliphatic heterocycles. The van der Waals surface area contributed by atoms with E-state index in [1.165, 1.54) is 4.68 Å². The molecule has 24 heavy (non-hydrogen) atoms. The second-order valence-electron chi connectivity index (χ2n) is 5.56. The van der Waals surface area contributed by atoms with Crippen LogP contribution in [-0.4, -0.2) is 15.7 Å². The highest BCUT2D eigenvalue weighted by Crippen LogP contribution is 2.23. The van der Waals surface area contributed by atoms with Crippen molar-refractivity contribution in [2.45, 2.75) is 13.3 Å². The van der Waals surface area contributed by atoms with E-state index < -0.39 is 0 Å². The molecule has 0 saturated carbocycles. The van der Waals surface area contributed by atoms with Gasteiger partial charge in [-0.25, -0.2) is 4.68 Å². The maximum Gasteiger partial charge on any atom is 0.274 e. The van der Waals surface area contributed by atoms with Crippen molar-refractivity contribution in [3.05, 3.63) is 69.1 Å². The summed E-state index contributed by atoms with van der Waals surface area (Å²) in [5.74, 6) is -0.211. The Hall–Kier alpha value is -2.66. The number of nitrogens with zero attached hydrogens (tertiary/aromatic N) is 2. The first-order valence-corrected chi connectivity index (χ1v) is 7.85. The molecule has 0 unspecified atom stereocenters. The molecule has 3 rings (SSSR count). The van der Waals surface area contributed by atoms with Crippen molar-refractivity contribution in [1.29, 1.82) is 0 Å². The van der Waals surface area contributed by atoms with Crippen molar-refractivity contribution in [2.24, 2.45) is 7.05 Å². The SMILES string of the molecule is Cc1c(Cl)cccc1NC(=O)Cc1nn(C)c(=O)c2ccccc12. The monoisotopic (exact) mass is 341 g/mol. The molecule has 3 aromatic rings. The van der Waals surface area contributed by atoms with E-state index in [1.54, 1.807) is 43.4 Å². The minimum absolute atomic E-state index is 0.0700. The predicted octanol–water partition coefficient (Wildman–Crippen LogP) is 3.08. The lowest BCUT2D eigenvalue weighted by molar-refractivity contribution is -0.115. The average Bonchev–Trinajstić information content (AvgIpc) is 2.56. The number of nitrogens with one attached hydrogen (secondary N) is 1. The molecular formula is C18H16ClN3O2. The molecule has 0 bridgehead atoms. The zero-order chi connectivity index (χ0) is 17.3. The number of halogens is 1. The van der Waals surface area contributed by atoms with Gasteiger partial charge in [0.25, 0.3) is 5.56 Å². The summed E-state index contributed by atoms with van der Waals surface area (Å²) in [6, 6.07) is 12.5. The number of hydrogen-bond acceptors (Lipinski definition) is 3. The Labute approximate surface area is 143 Å². The van der Waals surface area contributed by atoms with Gasteiger partial charge in [0.15, 0.2) is 0 Å². The minimum Gasteiger partial charge on any atom is -0.325 e. The molecule has 0 radical (unpaired) electrons. The van der Waals surface area contributed by atoms with Crippen molar-refractivity contribution in [2.75, 3.05) is 5.32 Å². The number of anilines is 1. The fraction of sp³-hybridized carbons (Fsp3) is 0.167. The molecule has 1 aromatic heterocycles. The molecule has 1 heterocycles. The Morgan fingerprint density at radius 3 is 2.62 bits per heavy atom. The topological polar surface area (TPSA) is 64.0 Å². The third-order valence-electron chi connectivity index (χ3n) is 3.90. The van der Waals surface area contributed by atoms with Crippen LogP contribution in [0, 0.1) is 6.92 Å². The minimum atomic E-state index is -0.211. The van der Waals surface area contributed by atoms with Gasteiger partial charge < -0.3 is 5.32 Å². The molecule has 0 spiro atoms. The van der Waals surface area contributed by atoms with Crippen LogP contribution in [-0.2, 0) is 18.3 Å². The first kappa shape index (κ1) is 16.2. The van der Waals surface area contributed by atoms with Gasteiger partial charge >= 0.3 is 0 Å². The van der Waals surface area contributed by atoms with Crippen LogP contribution in [0.2, 0.25) is 5.02 Å². The second kappa shape index (κ2) is 6.45. The van der Waals surface area contributed by atoms with E-state index >= 15 is 0 Å². The first-order chi connectivity index (χ1) is 11.5. The highest BCUT2D eigenvalue weighted by molar-refractivity contribution is 6.31. The summed E-state index contributed by atoms with van der Waals surface area (Å²) >= 11 is 6.07. The van der Waals surface area contributed by atoms with Crippen LogP contribution in [0.1, 0.15) is 11.3 Å². The van der Waals surface area contributed by atoms with Crippen molar-refractivity contribution < 1.29 is 4.79 Å². The average molecular weight is 342 g/mol. The molecular weight excluding hydrogens is 326 g/mol. The molecule has 0 atom stereocenters. The molecule has 0 saturated heterocycles. The Kier molecular flexibility index (Phi) is 4.36. The van der Waals surface area contributed by atoms with Gasteiger partial charge in [0.05, 0.1) is 17.5 Å². The number of carbonyl (C=O) groups is 1. The lowest BCUT2D eigenvalue weighted by Gasteiger charge is -2.11. The second-order valence-corrected chi connectivity index (χ2v) is 5.97. The zero-order valence-electron chi connectivity index (χ0n) is 13.3. The van der Waals surface area contributed by atoms with Gasteiger partial charge in [-0.15, -0.1) is 0 Å². The van der Waals surface area contributed by atoms with Crippen LogP contribution in [0.3, 0.4) is 0 Å². The number of rotatable bonds is 3. The van der Waals surface area contributed by atoms with Crippen molar-refractivity contribution in [3.63, 3.8) is 0 Å². The van der Waals surface area contributed by atoms with Crippen LogP contribution in [0.5, 0.6) is 0 Å². The van der Waals surface area contributed by atoms with E-state index in [1.807, 2.05) is 13.0 Å². The molecule has 2 aromatic carbocycles. The van der Waals surface area contributed by atoms with Crippen molar-refractivity contribution >= 4 is 34.0 Å². The summed E-state index contributed by atoms with van der Waals surface area (Å²) in [7, 11) is 1.58. The van der Waals surface area contributed by atoms with E-state index in [4.69, 9.17) is 11.6 Å². The van der Waals surface area contributed by atoms with E-state index in [2.05, 4.69) is 10.4 Å².